The van der Waals surface area contributed by atoms with Crippen LogP contribution in [0.25, 0.3) is 0 Å². The summed E-state index contributed by atoms with van der Waals surface area (Å²) in [5.41, 5.74) is 0. The number of aromatic nitrogens is 2. The van der Waals surface area contributed by atoms with Gasteiger partial charge in [0.15, 0.2) is 0 Å². The summed E-state index contributed by atoms with van der Waals surface area (Å²) in [4.78, 5) is 4.27. The second-order valence-electron chi connectivity index (χ2n) is 4.37. The van der Waals surface area contributed by atoms with E-state index in [1.807, 2.05) is 19.4 Å². The lowest BCUT2D eigenvalue weighted by Crippen LogP contribution is -2.28. The summed E-state index contributed by atoms with van der Waals surface area (Å²) in [6.45, 7) is 7.58. The maximum absolute atomic E-state index is 4.27. The standard InChI is InChI=1S/C11H21N3/c1-9(2)7-10(3)13-8-11-12-5-6-14(11)4/h5-6,9-10,13H,7-8H2,1-4H3. The lowest BCUT2D eigenvalue weighted by molar-refractivity contribution is 0.434. The van der Waals surface area contributed by atoms with E-state index in [0.29, 0.717) is 6.04 Å². The molecule has 1 N–H and O–H groups in total. The summed E-state index contributed by atoms with van der Waals surface area (Å²) in [6.07, 6.45) is 5.03. The van der Waals surface area contributed by atoms with Crippen LogP contribution in [0.3, 0.4) is 0 Å². The number of rotatable bonds is 5. The molecule has 80 valence electrons. The van der Waals surface area contributed by atoms with Crippen LogP contribution < -0.4 is 5.32 Å². The highest BCUT2D eigenvalue weighted by molar-refractivity contribution is 4.90. The molecule has 0 saturated carbocycles. The highest BCUT2D eigenvalue weighted by atomic mass is 15.1. The van der Waals surface area contributed by atoms with Gasteiger partial charge in [-0.05, 0) is 19.3 Å². The molecule has 0 radical (unpaired) electrons. The molecule has 0 fully saturated rings. The molecule has 1 rings (SSSR count). The molecular weight excluding hydrogens is 174 g/mol. The van der Waals surface area contributed by atoms with Crippen LogP contribution in [0.1, 0.15) is 33.0 Å². The van der Waals surface area contributed by atoms with Crippen molar-refractivity contribution in [1.29, 1.82) is 0 Å². The first-order chi connectivity index (χ1) is 6.59. The molecule has 0 aliphatic rings. The predicted molar refractivity (Wildman–Crippen MR) is 59.0 cm³/mol. The van der Waals surface area contributed by atoms with Crippen molar-refractivity contribution in [3.05, 3.63) is 18.2 Å². The fraction of sp³-hybridized carbons (Fsp3) is 0.727. The number of nitrogens with one attached hydrogen (secondary N) is 1. The summed E-state index contributed by atoms with van der Waals surface area (Å²) in [7, 11) is 2.02. The van der Waals surface area contributed by atoms with Crippen molar-refractivity contribution in [3.8, 4) is 0 Å². The minimum absolute atomic E-state index is 0.562. The normalized spacial score (nSPS) is 13.5. The van der Waals surface area contributed by atoms with E-state index in [4.69, 9.17) is 0 Å². The maximum Gasteiger partial charge on any atom is 0.122 e. The Kier molecular flexibility index (Phi) is 4.14. The average Bonchev–Trinajstić information content (AvgIpc) is 2.46. The molecule has 0 aliphatic heterocycles. The first kappa shape index (κ1) is 11.2. The van der Waals surface area contributed by atoms with Gasteiger partial charge >= 0.3 is 0 Å². The maximum atomic E-state index is 4.27. The Bertz CT molecular complexity index is 265. The number of nitrogens with zero attached hydrogens (tertiary/aromatic N) is 2. The van der Waals surface area contributed by atoms with Crippen molar-refractivity contribution in [2.75, 3.05) is 0 Å². The zero-order valence-electron chi connectivity index (χ0n) is 9.62. The second kappa shape index (κ2) is 5.15. The molecule has 0 amide bonds. The van der Waals surface area contributed by atoms with Gasteiger partial charge in [-0.2, -0.15) is 0 Å². The minimum atomic E-state index is 0.562. The molecule has 0 aliphatic carbocycles. The molecule has 1 unspecified atom stereocenters. The van der Waals surface area contributed by atoms with Gasteiger partial charge in [-0.15, -0.1) is 0 Å². The molecule has 0 saturated heterocycles. The Hall–Kier alpha value is -0.830. The highest BCUT2D eigenvalue weighted by Crippen LogP contribution is 2.04. The fourth-order valence-corrected chi connectivity index (χ4v) is 1.62. The molecule has 1 aromatic heterocycles. The zero-order chi connectivity index (χ0) is 10.6. The summed E-state index contributed by atoms with van der Waals surface area (Å²) in [5, 5.41) is 3.47. The largest absolute Gasteiger partial charge is 0.337 e. The van der Waals surface area contributed by atoms with E-state index in [1.165, 1.54) is 6.42 Å². The molecule has 3 heteroatoms. The van der Waals surface area contributed by atoms with E-state index >= 15 is 0 Å². The molecule has 14 heavy (non-hydrogen) atoms. The van der Waals surface area contributed by atoms with Crippen molar-refractivity contribution in [2.24, 2.45) is 13.0 Å². The number of hydrogen-bond acceptors (Lipinski definition) is 2. The Morgan fingerprint density at radius 1 is 1.43 bits per heavy atom. The molecule has 0 bridgehead atoms. The van der Waals surface area contributed by atoms with E-state index in [9.17, 15) is 0 Å². The van der Waals surface area contributed by atoms with E-state index < -0.39 is 0 Å². The van der Waals surface area contributed by atoms with Crippen LogP contribution in [0.4, 0.5) is 0 Å². The fourth-order valence-electron chi connectivity index (χ4n) is 1.62. The zero-order valence-corrected chi connectivity index (χ0v) is 9.62. The van der Waals surface area contributed by atoms with Gasteiger partial charge in [-0.3, -0.25) is 0 Å². The smallest absolute Gasteiger partial charge is 0.122 e. The third kappa shape index (κ3) is 3.50. The topological polar surface area (TPSA) is 29.9 Å². The molecule has 1 atom stereocenters. The molecule has 1 heterocycles. The van der Waals surface area contributed by atoms with E-state index in [2.05, 4.69) is 35.6 Å². The Labute approximate surface area is 86.5 Å². The van der Waals surface area contributed by atoms with Gasteiger partial charge in [-0.25, -0.2) is 4.98 Å². The highest BCUT2D eigenvalue weighted by Gasteiger charge is 2.05. The van der Waals surface area contributed by atoms with Gasteiger partial charge in [0.05, 0.1) is 6.54 Å². The Morgan fingerprint density at radius 3 is 2.64 bits per heavy atom. The van der Waals surface area contributed by atoms with Gasteiger partial charge in [0.2, 0.25) is 0 Å². The first-order valence-corrected chi connectivity index (χ1v) is 5.29. The van der Waals surface area contributed by atoms with Crippen LogP contribution in [0, 0.1) is 5.92 Å². The number of aryl methyl sites for hydroxylation is 1. The van der Waals surface area contributed by atoms with Crippen LogP contribution >= 0.6 is 0 Å². The van der Waals surface area contributed by atoms with Gasteiger partial charge in [0.1, 0.15) is 5.82 Å². The van der Waals surface area contributed by atoms with Crippen molar-refractivity contribution in [2.45, 2.75) is 39.8 Å². The van der Waals surface area contributed by atoms with E-state index in [-0.39, 0.29) is 0 Å². The van der Waals surface area contributed by atoms with Crippen LogP contribution in [0.15, 0.2) is 12.4 Å². The first-order valence-electron chi connectivity index (χ1n) is 5.29. The van der Waals surface area contributed by atoms with Gasteiger partial charge in [0.25, 0.3) is 0 Å². The average molecular weight is 195 g/mol. The molecule has 3 nitrogen and oxygen atoms in total. The summed E-state index contributed by atoms with van der Waals surface area (Å²) >= 11 is 0. The third-order valence-electron chi connectivity index (χ3n) is 2.35. The second-order valence-corrected chi connectivity index (χ2v) is 4.37. The molecule has 1 aromatic rings. The van der Waals surface area contributed by atoms with Crippen molar-refractivity contribution in [1.82, 2.24) is 14.9 Å². The summed E-state index contributed by atoms with van der Waals surface area (Å²) in [5.74, 6) is 1.85. The minimum Gasteiger partial charge on any atom is -0.337 e. The van der Waals surface area contributed by atoms with Crippen molar-refractivity contribution in [3.63, 3.8) is 0 Å². The number of imidazole rings is 1. The van der Waals surface area contributed by atoms with Crippen LogP contribution in [-0.4, -0.2) is 15.6 Å². The third-order valence-corrected chi connectivity index (χ3v) is 2.35. The van der Waals surface area contributed by atoms with Crippen LogP contribution in [0.5, 0.6) is 0 Å². The molecule has 0 spiro atoms. The Balaban J connectivity index is 2.30. The van der Waals surface area contributed by atoms with Gasteiger partial charge < -0.3 is 9.88 Å². The summed E-state index contributed by atoms with van der Waals surface area (Å²) < 4.78 is 2.05. The van der Waals surface area contributed by atoms with Crippen LogP contribution in [-0.2, 0) is 13.6 Å². The SMILES string of the molecule is CC(C)CC(C)NCc1nccn1C. The van der Waals surface area contributed by atoms with E-state index in [0.717, 1.165) is 18.3 Å². The monoisotopic (exact) mass is 195 g/mol. The van der Waals surface area contributed by atoms with Crippen molar-refractivity contribution < 1.29 is 0 Å². The van der Waals surface area contributed by atoms with Gasteiger partial charge in [-0.1, -0.05) is 13.8 Å². The molecular formula is C11H21N3. The lowest BCUT2D eigenvalue weighted by Gasteiger charge is -2.15. The predicted octanol–water partition coefficient (Wildman–Crippen LogP) is 1.94. The molecule has 0 aromatic carbocycles. The Morgan fingerprint density at radius 2 is 2.14 bits per heavy atom. The lowest BCUT2D eigenvalue weighted by atomic mass is 10.1. The summed E-state index contributed by atoms with van der Waals surface area (Å²) in [6, 6.07) is 0.562. The van der Waals surface area contributed by atoms with E-state index in [1.54, 1.807) is 0 Å². The quantitative estimate of drug-likeness (QED) is 0.778. The number of hydrogen-bond donors (Lipinski definition) is 1. The van der Waals surface area contributed by atoms with Crippen LogP contribution in [0.2, 0.25) is 0 Å². The van der Waals surface area contributed by atoms with Gasteiger partial charge in [0, 0.05) is 25.5 Å². The van der Waals surface area contributed by atoms with Crippen molar-refractivity contribution >= 4 is 0 Å².